The Hall–Kier alpha value is -2.57. The number of esters is 1. The molecule has 1 aromatic carbocycles. The van der Waals surface area contributed by atoms with Gasteiger partial charge in [-0.1, -0.05) is 13.8 Å². The van der Waals surface area contributed by atoms with E-state index in [0.29, 0.717) is 23.8 Å². The number of carbonyl (C=O) groups excluding carboxylic acids is 3. The summed E-state index contributed by atoms with van der Waals surface area (Å²) in [6.07, 6.45) is 0. The molecule has 0 saturated carbocycles. The average Bonchev–Trinajstić information content (AvgIpc) is 2.50. The van der Waals surface area contributed by atoms with Gasteiger partial charge in [-0.25, -0.2) is 9.59 Å². The minimum absolute atomic E-state index is 0.296. The number of benzene rings is 1. The summed E-state index contributed by atoms with van der Waals surface area (Å²) in [7, 11) is 1.37. The fraction of sp³-hybridized carbons (Fsp3) is 0.400. The van der Waals surface area contributed by atoms with Crippen molar-refractivity contribution < 1.29 is 23.9 Å². The molecule has 1 aromatic rings. The van der Waals surface area contributed by atoms with Crippen LogP contribution in [0.4, 0.5) is 4.79 Å². The molecule has 0 aliphatic heterocycles. The van der Waals surface area contributed by atoms with Crippen molar-refractivity contribution >= 4 is 17.9 Å². The number of nitrogens with one attached hydrogen (secondary N) is 2. The van der Waals surface area contributed by atoms with Gasteiger partial charge in [0.1, 0.15) is 5.75 Å². The first-order chi connectivity index (χ1) is 10.4. The Morgan fingerprint density at radius 3 is 2.32 bits per heavy atom. The van der Waals surface area contributed by atoms with Crippen molar-refractivity contribution in [2.45, 2.75) is 13.8 Å². The highest BCUT2D eigenvalue weighted by atomic mass is 16.5. The Balaban J connectivity index is 2.45. The van der Waals surface area contributed by atoms with Gasteiger partial charge in [0, 0.05) is 7.05 Å². The van der Waals surface area contributed by atoms with Crippen molar-refractivity contribution in [2.75, 3.05) is 20.3 Å². The molecular formula is C15H20N2O5. The van der Waals surface area contributed by atoms with Gasteiger partial charge in [0.15, 0.2) is 6.61 Å². The van der Waals surface area contributed by atoms with Crippen molar-refractivity contribution in [2.24, 2.45) is 5.92 Å². The van der Waals surface area contributed by atoms with E-state index in [2.05, 4.69) is 5.32 Å². The van der Waals surface area contributed by atoms with E-state index in [0.717, 1.165) is 0 Å². The Morgan fingerprint density at radius 2 is 1.77 bits per heavy atom. The molecule has 0 bridgehead atoms. The van der Waals surface area contributed by atoms with Gasteiger partial charge in [-0.3, -0.25) is 10.1 Å². The Bertz CT molecular complexity index is 525. The summed E-state index contributed by atoms with van der Waals surface area (Å²) in [6, 6.07) is 5.75. The maximum absolute atomic E-state index is 11.7. The monoisotopic (exact) mass is 308 g/mol. The topological polar surface area (TPSA) is 93.7 Å². The molecule has 0 saturated heterocycles. The average molecular weight is 308 g/mol. The summed E-state index contributed by atoms with van der Waals surface area (Å²) in [4.78, 5) is 33.9. The van der Waals surface area contributed by atoms with Crippen LogP contribution in [0.1, 0.15) is 24.2 Å². The van der Waals surface area contributed by atoms with Gasteiger partial charge >= 0.3 is 12.0 Å². The van der Waals surface area contributed by atoms with Crippen LogP contribution >= 0.6 is 0 Å². The fourth-order valence-electron chi connectivity index (χ4n) is 1.39. The quantitative estimate of drug-likeness (QED) is 0.773. The number of amides is 3. The van der Waals surface area contributed by atoms with E-state index >= 15 is 0 Å². The second kappa shape index (κ2) is 8.66. The Morgan fingerprint density at radius 1 is 1.14 bits per heavy atom. The Kier molecular flexibility index (Phi) is 6.88. The summed E-state index contributed by atoms with van der Waals surface area (Å²) in [5, 5.41) is 4.20. The molecule has 0 heterocycles. The highest BCUT2D eigenvalue weighted by Crippen LogP contribution is 2.13. The molecule has 0 unspecified atom stereocenters. The van der Waals surface area contributed by atoms with Gasteiger partial charge in [0.05, 0.1) is 12.2 Å². The molecule has 0 aromatic heterocycles. The second-order valence-corrected chi connectivity index (χ2v) is 4.93. The molecule has 22 heavy (non-hydrogen) atoms. The third-order valence-electron chi connectivity index (χ3n) is 2.49. The molecule has 7 nitrogen and oxygen atoms in total. The van der Waals surface area contributed by atoms with Crippen LogP contribution in [-0.4, -0.2) is 38.2 Å². The highest BCUT2D eigenvalue weighted by Gasteiger charge is 2.12. The van der Waals surface area contributed by atoms with Crippen molar-refractivity contribution in [1.82, 2.24) is 10.6 Å². The van der Waals surface area contributed by atoms with Crippen LogP contribution in [0.15, 0.2) is 24.3 Å². The lowest BCUT2D eigenvalue weighted by atomic mass is 10.2. The highest BCUT2D eigenvalue weighted by molar-refractivity contribution is 5.96. The molecule has 0 atom stereocenters. The standard InChI is InChI=1S/C15H20N2O5/c1-10(2)8-21-12-6-4-11(5-7-12)14(19)22-9-13(18)17-15(20)16-3/h4-7,10H,8-9H2,1-3H3,(H2,16,17,18,20). The predicted molar refractivity (Wildman–Crippen MR) is 79.7 cm³/mol. The van der Waals surface area contributed by atoms with E-state index in [9.17, 15) is 14.4 Å². The third kappa shape index (κ3) is 6.25. The third-order valence-corrected chi connectivity index (χ3v) is 2.49. The lowest BCUT2D eigenvalue weighted by Gasteiger charge is -2.09. The van der Waals surface area contributed by atoms with Crippen molar-refractivity contribution in [1.29, 1.82) is 0 Å². The largest absolute Gasteiger partial charge is 0.493 e. The number of ether oxygens (including phenoxy) is 2. The van der Waals surface area contributed by atoms with Crippen LogP contribution < -0.4 is 15.4 Å². The van der Waals surface area contributed by atoms with Crippen LogP contribution in [0, 0.1) is 5.92 Å². The van der Waals surface area contributed by atoms with E-state index in [1.165, 1.54) is 7.05 Å². The smallest absolute Gasteiger partial charge is 0.338 e. The van der Waals surface area contributed by atoms with E-state index in [4.69, 9.17) is 9.47 Å². The SMILES string of the molecule is CNC(=O)NC(=O)COC(=O)c1ccc(OCC(C)C)cc1. The number of rotatable bonds is 6. The minimum atomic E-state index is -0.704. The molecule has 0 aliphatic carbocycles. The molecule has 120 valence electrons. The predicted octanol–water partition coefficient (Wildman–Crippen LogP) is 1.33. The van der Waals surface area contributed by atoms with Crippen LogP contribution in [0.25, 0.3) is 0 Å². The molecule has 0 fully saturated rings. The van der Waals surface area contributed by atoms with E-state index in [1.807, 2.05) is 19.2 Å². The second-order valence-electron chi connectivity index (χ2n) is 4.93. The zero-order chi connectivity index (χ0) is 16.5. The zero-order valence-corrected chi connectivity index (χ0v) is 12.8. The molecule has 7 heteroatoms. The number of carbonyl (C=O) groups is 3. The molecule has 2 N–H and O–H groups in total. The van der Waals surface area contributed by atoms with Gasteiger partial charge < -0.3 is 14.8 Å². The first-order valence-electron chi connectivity index (χ1n) is 6.84. The maximum Gasteiger partial charge on any atom is 0.338 e. The van der Waals surface area contributed by atoms with E-state index < -0.39 is 24.5 Å². The number of urea groups is 1. The fourth-order valence-corrected chi connectivity index (χ4v) is 1.39. The minimum Gasteiger partial charge on any atom is -0.493 e. The number of hydrogen-bond donors (Lipinski definition) is 2. The first kappa shape index (κ1) is 17.5. The van der Waals surface area contributed by atoms with Gasteiger partial charge in [-0.05, 0) is 30.2 Å². The molecule has 3 amide bonds. The molecular weight excluding hydrogens is 288 g/mol. The van der Waals surface area contributed by atoms with Gasteiger partial charge in [-0.2, -0.15) is 0 Å². The summed E-state index contributed by atoms with van der Waals surface area (Å²) in [5.41, 5.74) is 0.296. The van der Waals surface area contributed by atoms with E-state index in [-0.39, 0.29) is 0 Å². The summed E-state index contributed by atoms with van der Waals surface area (Å²) < 4.78 is 10.3. The molecule has 0 aliphatic rings. The lowest BCUT2D eigenvalue weighted by molar-refractivity contribution is -0.123. The van der Waals surface area contributed by atoms with Crippen LogP contribution in [0.3, 0.4) is 0 Å². The summed E-state index contributed by atoms with van der Waals surface area (Å²) in [5.74, 6) is -0.293. The van der Waals surface area contributed by atoms with Gasteiger partial charge in [0.25, 0.3) is 5.91 Å². The van der Waals surface area contributed by atoms with Crippen molar-refractivity contribution in [3.8, 4) is 5.75 Å². The normalized spacial score (nSPS) is 10.0. The maximum atomic E-state index is 11.7. The molecule has 0 spiro atoms. The zero-order valence-electron chi connectivity index (χ0n) is 12.8. The van der Waals surface area contributed by atoms with Gasteiger partial charge in [0.2, 0.25) is 0 Å². The van der Waals surface area contributed by atoms with Crippen molar-refractivity contribution in [3.63, 3.8) is 0 Å². The van der Waals surface area contributed by atoms with Gasteiger partial charge in [-0.15, -0.1) is 0 Å². The van der Waals surface area contributed by atoms with Crippen molar-refractivity contribution in [3.05, 3.63) is 29.8 Å². The van der Waals surface area contributed by atoms with Crippen LogP contribution in [0.5, 0.6) is 5.75 Å². The number of hydrogen-bond acceptors (Lipinski definition) is 5. The lowest BCUT2D eigenvalue weighted by Crippen LogP contribution is -2.39. The first-order valence-corrected chi connectivity index (χ1v) is 6.84. The number of imide groups is 1. The summed E-state index contributed by atoms with van der Waals surface area (Å²) >= 11 is 0. The van der Waals surface area contributed by atoms with Crippen LogP contribution in [-0.2, 0) is 9.53 Å². The summed E-state index contributed by atoms with van der Waals surface area (Å²) in [6.45, 7) is 4.13. The van der Waals surface area contributed by atoms with Crippen LogP contribution in [0.2, 0.25) is 0 Å². The molecule has 1 rings (SSSR count). The van der Waals surface area contributed by atoms with E-state index in [1.54, 1.807) is 24.3 Å². The molecule has 0 radical (unpaired) electrons. The Labute approximate surface area is 129 Å².